The molecule has 3 aromatic heterocycles. The van der Waals surface area contributed by atoms with Crippen molar-refractivity contribution in [1.29, 1.82) is 0 Å². The Morgan fingerprint density at radius 1 is 1.19 bits per heavy atom. The second-order valence-corrected chi connectivity index (χ2v) is 3.53. The first-order valence-corrected chi connectivity index (χ1v) is 5.00. The molecule has 0 saturated heterocycles. The lowest BCUT2D eigenvalue weighted by atomic mass is 10.3. The highest BCUT2D eigenvalue weighted by Crippen LogP contribution is 2.19. The van der Waals surface area contributed by atoms with Crippen molar-refractivity contribution in [3.63, 3.8) is 0 Å². The number of rotatable bonds is 1. The van der Waals surface area contributed by atoms with E-state index >= 15 is 0 Å². The summed E-state index contributed by atoms with van der Waals surface area (Å²) >= 11 is 5.91. The molecule has 0 amide bonds. The summed E-state index contributed by atoms with van der Waals surface area (Å²) in [5.74, 6) is 0.701. The molecular weight excluding hydrogens is 226 g/mol. The molecule has 0 bridgehead atoms. The van der Waals surface area contributed by atoms with Crippen molar-refractivity contribution >= 4 is 17.2 Å². The molecule has 0 radical (unpaired) electrons. The maximum Gasteiger partial charge on any atom is 0.198 e. The van der Waals surface area contributed by atoms with Crippen molar-refractivity contribution < 1.29 is 0 Å². The zero-order chi connectivity index (χ0) is 11.0. The van der Waals surface area contributed by atoms with E-state index in [0.717, 1.165) is 5.56 Å². The highest BCUT2D eigenvalue weighted by molar-refractivity contribution is 6.32. The number of nitrogens with zero attached hydrogens (tertiary/aromatic N) is 5. The van der Waals surface area contributed by atoms with Crippen molar-refractivity contribution in [2.75, 3.05) is 0 Å². The zero-order valence-electron chi connectivity index (χ0n) is 8.08. The van der Waals surface area contributed by atoms with Crippen LogP contribution in [0.1, 0.15) is 0 Å². The molecule has 78 valence electrons. The molecule has 3 heterocycles. The van der Waals surface area contributed by atoms with Crippen molar-refractivity contribution in [3.05, 3.63) is 42.1 Å². The van der Waals surface area contributed by atoms with Gasteiger partial charge >= 0.3 is 0 Å². The van der Waals surface area contributed by atoms with Gasteiger partial charge in [0.1, 0.15) is 0 Å². The van der Waals surface area contributed by atoms with Crippen LogP contribution in [-0.4, -0.2) is 24.6 Å². The molecule has 0 aliphatic heterocycles. The van der Waals surface area contributed by atoms with E-state index in [1.165, 1.54) is 0 Å². The number of hydrogen-bond acceptors (Lipinski definition) is 4. The van der Waals surface area contributed by atoms with Gasteiger partial charge in [-0.25, -0.2) is 4.98 Å². The number of hydrogen-bond donors (Lipinski definition) is 0. The van der Waals surface area contributed by atoms with Crippen LogP contribution in [0.5, 0.6) is 0 Å². The van der Waals surface area contributed by atoms with Crippen molar-refractivity contribution in [2.24, 2.45) is 0 Å². The Hall–Kier alpha value is -2.01. The van der Waals surface area contributed by atoms with Crippen LogP contribution in [0.15, 0.2) is 36.9 Å². The smallest absolute Gasteiger partial charge is 0.198 e. The molecule has 16 heavy (non-hydrogen) atoms. The molecule has 0 N–H and O–H groups in total. The molecule has 5 nitrogen and oxygen atoms in total. The normalized spacial score (nSPS) is 10.8. The van der Waals surface area contributed by atoms with E-state index in [4.69, 9.17) is 11.6 Å². The minimum atomic E-state index is 0.338. The topological polar surface area (TPSA) is 56.0 Å². The predicted molar refractivity (Wildman–Crippen MR) is 59.0 cm³/mol. The van der Waals surface area contributed by atoms with E-state index in [-0.39, 0.29) is 0 Å². The highest BCUT2D eigenvalue weighted by atomic mass is 35.5. The molecule has 0 unspecified atom stereocenters. The standard InChI is InChI=1S/C10H6ClN5/c11-8-10-15-14-9(16(10)5-4-13-8)7-2-1-3-12-6-7/h1-6H. The van der Waals surface area contributed by atoms with Gasteiger partial charge in [-0.05, 0) is 12.1 Å². The molecule has 0 aliphatic carbocycles. The lowest BCUT2D eigenvalue weighted by Crippen LogP contribution is -1.91. The SMILES string of the molecule is Clc1nccn2c(-c3cccnc3)nnc12. The minimum Gasteiger partial charge on any atom is -0.278 e. The molecule has 0 spiro atoms. The monoisotopic (exact) mass is 231 g/mol. The highest BCUT2D eigenvalue weighted by Gasteiger charge is 2.10. The van der Waals surface area contributed by atoms with E-state index in [1.807, 2.05) is 12.1 Å². The van der Waals surface area contributed by atoms with Gasteiger partial charge in [-0.2, -0.15) is 0 Å². The first-order valence-electron chi connectivity index (χ1n) is 4.62. The van der Waals surface area contributed by atoms with Crippen LogP contribution in [-0.2, 0) is 0 Å². The summed E-state index contributed by atoms with van der Waals surface area (Å²) < 4.78 is 1.78. The Kier molecular flexibility index (Phi) is 2.04. The number of pyridine rings is 1. The Labute approximate surface area is 95.8 Å². The van der Waals surface area contributed by atoms with E-state index in [2.05, 4.69) is 20.2 Å². The summed E-state index contributed by atoms with van der Waals surface area (Å²) in [6.45, 7) is 0. The fourth-order valence-corrected chi connectivity index (χ4v) is 1.67. The molecule has 3 rings (SSSR count). The molecular formula is C10H6ClN5. The fraction of sp³-hybridized carbons (Fsp3) is 0. The molecule has 0 atom stereocenters. The maximum absolute atomic E-state index is 5.91. The Morgan fingerprint density at radius 3 is 2.94 bits per heavy atom. The summed E-state index contributed by atoms with van der Waals surface area (Å²) in [5.41, 5.74) is 1.43. The predicted octanol–water partition coefficient (Wildman–Crippen LogP) is 1.84. The molecule has 6 heteroatoms. The minimum absolute atomic E-state index is 0.338. The third-order valence-electron chi connectivity index (χ3n) is 2.20. The first-order chi connectivity index (χ1) is 7.86. The van der Waals surface area contributed by atoms with Crippen molar-refractivity contribution in [1.82, 2.24) is 24.6 Å². The van der Waals surface area contributed by atoms with Crippen LogP contribution >= 0.6 is 11.6 Å². The van der Waals surface area contributed by atoms with Gasteiger partial charge in [0.05, 0.1) is 0 Å². The van der Waals surface area contributed by atoms with Crippen molar-refractivity contribution in [2.45, 2.75) is 0 Å². The number of aromatic nitrogens is 5. The maximum atomic E-state index is 5.91. The third kappa shape index (κ3) is 1.33. The lowest BCUT2D eigenvalue weighted by Gasteiger charge is -1.98. The molecule has 0 aromatic carbocycles. The summed E-state index contributed by atoms with van der Waals surface area (Å²) in [4.78, 5) is 7.98. The Bertz CT molecular complexity index is 634. The van der Waals surface area contributed by atoms with E-state index in [9.17, 15) is 0 Å². The zero-order valence-corrected chi connectivity index (χ0v) is 8.83. The van der Waals surface area contributed by atoms with Gasteiger partial charge in [-0.3, -0.25) is 9.38 Å². The van der Waals surface area contributed by atoms with Crippen LogP contribution in [0.25, 0.3) is 17.0 Å². The second kappa shape index (κ2) is 3.53. The van der Waals surface area contributed by atoms with Crippen LogP contribution in [0.4, 0.5) is 0 Å². The van der Waals surface area contributed by atoms with Crippen LogP contribution in [0.2, 0.25) is 5.15 Å². The van der Waals surface area contributed by atoms with Gasteiger partial charge in [-0.1, -0.05) is 11.6 Å². The molecule has 0 aliphatic rings. The second-order valence-electron chi connectivity index (χ2n) is 3.18. The fourth-order valence-electron chi connectivity index (χ4n) is 1.49. The van der Waals surface area contributed by atoms with E-state index < -0.39 is 0 Å². The summed E-state index contributed by atoms with van der Waals surface area (Å²) in [5, 5.41) is 8.40. The van der Waals surface area contributed by atoms with Gasteiger partial charge < -0.3 is 0 Å². The number of fused-ring (bicyclic) bond motifs is 1. The van der Waals surface area contributed by atoms with Crippen LogP contribution < -0.4 is 0 Å². The van der Waals surface area contributed by atoms with Gasteiger partial charge in [0.25, 0.3) is 0 Å². The quantitative estimate of drug-likeness (QED) is 0.641. The van der Waals surface area contributed by atoms with Gasteiger partial charge in [0.2, 0.25) is 0 Å². The average Bonchev–Trinajstić information content (AvgIpc) is 2.75. The van der Waals surface area contributed by atoms with Gasteiger partial charge in [0.15, 0.2) is 16.6 Å². The molecule has 0 saturated carbocycles. The van der Waals surface area contributed by atoms with Crippen LogP contribution in [0.3, 0.4) is 0 Å². The Morgan fingerprint density at radius 2 is 2.12 bits per heavy atom. The largest absolute Gasteiger partial charge is 0.278 e. The lowest BCUT2D eigenvalue weighted by molar-refractivity contribution is 1.10. The van der Waals surface area contributed by atoms with Crippen molar-refractivity contribution in [3.8, 4) is 11.4 Å². The summed E-state index contributed by atoms with van der Waals surface area (Å²) in [7, 11) is 0. The first kappa shape index (κ1) is 9.23. The third-order valence-corrected chi connectivity index (χ3v) is 2.47. The number of halogens is 1. The molecule has 0 fully saturated rings. The molecule has 3 aromatic rings. The van der Waals surface area contributed by atoms with Gasteiger partial charge in [0, 0.05) is 30.4 Å². The van der Waals surface area contributed by atoms with Gasteiger partial charge in [-0.15, -0.1) is 10.2 Å². The average molecular weight is 232 g/mol. The Balaban J connectivity index is 2.30. The van der Waals surface area contributed by atoms with E-state index in [1.54, 1.807) is 29.2 Å². The van der Waals surface area contributed by atoms with Crippen LogP contribution in [0, 0.1) is 0 Å². The summed E-state index contributed by atoms with van der Waals surface area (Å²) in [6, 6.07) is 3.76. The van der Waals surface area contributed by atoms with E-state index in [0.29, 0.717) is 16.6 Å². The summed E-state index contributed by atoms with van der Waals surface area (Å²) in [6.07, 6.45) is 6.81.